The molecule has 20 heavy (non-hydrogen) atoms. The summed E-state index contributed by atoms with van der Waals surface area (Å²) in [7, 11) is 0. The van der Waals surface area contributed by atoms with Gasteiger partial charge < -0.3 is 26.8 Å². The van der Waals surface area contributed by atoms with Gasteiger partial charge in [0.15, 0.2) is 0 Å². The summed E-state index contributed by atoms with van der Waals surface area (Å²) in [6.45, 7) is 4.02. The second-order valence-corrected chi connectivity index (χ2v) is 4.59. The minimum absolute atomic E-state index is 0.278. The Kier molecular flexibility index (Phi) is 7.71. The Balaban J connectivity index is 4.10. The second-order valence-electron chi connectivity index (χ2n) is 4.59. The molecule has 9 heteroatoms. The van der Waals surface area contributed by atoms with Gasteiger partial charge in [0.25, 0.3) is 0 Å². The van der Waals surface area contributed by atoms with Crippen molar-refractivity contribution in [3.63, 3.8) is 0 Å². The number of carboxylic acids is 1. The van der Waals surface area contributed by atoms with Gasteiger partial charge in [-0.2, -0.15) is 0 Å². The molecule has 0 aromatic carbocycles. The number of aliphatic carboxylic acids is 1. The molecule has 0 fully saturated rings. The third-order valence-corrected chi connectivity index (χ3v) is 2.13. The van der Waals surface area contributed by atoms with Crippen molar-refractivity contribution in [3.8, 4) is 0 Å². The maximum absolute atomic E-state index is 11.4. The average molecular weight is 288 g/mol. The Hall–Kier alpha value is -2.32. The molecule has 4 amide bonds. The lowest BCUT2D eigenvalue weighted by Crippen LogP contribution is -2.49. The molecule has 0 bridgehead atoms. The van der Waals surface area contributed by atoms with Gasteiger partial charge in [-0.1, -0.05) is 13.8 Å². The summed E-state index contributed by atoms with van der Waals surface area (Å²) in [5, 5.41) is 15.6. The summed E-state index contributed by atoms with van der Waals surface area (Å²) < 4.78 is 0. The molecule has 6 N–H and O–H groups in total. The van der Waals surface area contributed by atoms with Gasteiger partial charge >= 0.3 is 12.0 Å². The van der Waals surface area contributed by atoms with E-state index in [-0.39, 0.29) is 12.5 Å². The lowest BCUT2D eigenvalue weighted by molar-refractivity contribution is -0.140. The van der Waals surface area contributed by atoms with E-state index in [4.69, 9.17) is 10.8 Å². The maximum Gasteiger partial charge on any atom is 0.326 e. The van der Waals surface area contributed by atoms with E-state index >= 15 is 0 Å². The van der Waals surface area contributed by atoms with Gasteiger partial charge in [0, 0.05) is 6.54 Å². The Morgan fingerprint density at radius 3 is 2.20 bits per heavy atom. The number of carboxylic acid groups (broad SMARTS) is 1. The molecule has 0 aromatic rings. The van der Waals surface area contributed by atoms with Crippen LogP contribution in [0.4, 0.5) is 4.79 Å². The van der Waals surface area contributed by atoms with Crippen molar-refractivity contribution in [2.24, 2.45) is 11.7 Å². The van der Waals surface area contributed by atoms with Gasteiger partial charge in [-0.25, -0.2) is 9.59 Å². The average Bonchev–Trinajstić information content (AvgIpc) is 2.32. The summed E-state index contributed by atoms with van der Waals surface area (Å²) in [6.07, 6.45) is -0.525. The Labute approximate surface area is 116 Å². The van der Waals surface area contributed by atoms with Crippen molar-refractivity contribution in [3.05, 3.63) is 0 Å². The molecular weight excluding hydrogens is 268 g/mol. The van der Waals surface area contributed by atoms with Gasteiger partial charge in [-0.3, -0.25) is 9.59 Å². The summed E-state index contributed by atoms with van der Waals surface area (Å²) in [5.41, 5.74) is 4.86. The van der Waals surface area contributed by atoms with E-state index in [1.807, 2.05) is 19.2 Å². The third kappa shape index (κ3) is 8.72. The van der Waals surface area contributed by atoms with E-state index < -0.39 is 36.3 Å². The number of urea groups is 1. The van der Waals surface area contributed by atoms with Crippen molar-refractivity contribution >= 4 is 23.8 Å². The van der Waals surface area contributed by atoms with E-state index in [1.54, 1.807) is 0 Å². The van der Waals surface area contributed by atoms with E-state index in [0.717, 1.165) is 0 Å². The fraction of sp³-hybridized carbons (Fsp3) is 0.636. The summed E-state index contributed by atoms with van der Waals surface area (Å²) in [4.78, 5) is 44.1. The Bertz CT molecular complexity index is 383. The monoisotopic (exact) mass is 288 g/mol. The van der Waals surface area contributed by atoms with E-state index in [2.05, 4.69) is 10.6 Å². The highest BCUT2D eigenvalue weighted by molar-refractivity contribution is 5.89. The number of hydrogen-bond acceptors (Lipinski definition) is 4. The molecule has 0 aliphatic rings. The molecule has 0 aliphatic carbocycles. The van der Waals surface area contributed by atoms with Crippen molar-refractivity contribution < 1.29 is 24.3 Å². The van der Waals surface area contributed by atoms with E-state index in [0.29, 0.717) is 6.54 Å². The lowest BCUT2D eigenvalue weighted by Gasteiger charge is -2.13. The van der Waals surface area contributed by atoms with Crippen molar-refractivity contribution in [2.75, 3.05) is 13.1 Å². The Morgan fingerprint density at radius 1 is 1.15 bits per heavy atom. The maximum atomic E-state index is 11.4. The van der Waals surface area contributed by atoms with E-state index in [1.165, 1.54) is 0 Å². The van der Waals surface area contributed by atoms with Crippen LogP contribution in [-0.2, 0) is 14.4 Å². The zero-order valence-electron chi connectivity index (χ0n) is 11.4. The summed E-state index contributed by atoms with van der Waals surface area (Å²) >= 11 is 0. The van der Waals surface area contributed by atoms with Crippen LogP contribution in [0, 0.1) is 5.92 Å². The van der Waals surface area contributed by atoms with Gasteiger partial charge in [-0.05, 0) is 5.92 Å². The number of hydrogen-bond donors (Lipinski definition) is 5. The van der Waals surface area contributed by atoms with Crippen LogP contribution in [0.3, 0.4) is 0 Å². The van der Waals surface area contributed by atoms with Gasteiger partial charge in [0.2, 0.25) is 11.8 Å². The SMILES string of the molecule is CC(C)CNC(=O)CNC(=O)N[C@H](CC(N)=O)C(=O)O. The van der Waals surface area contributed by atoms with Crippen LogP contribution in [0.2, 0.25) is 0 Å². The quantitative estimate of drug-likeness (QED) is 0.364. The second kappa shape index (κ2) is 8.73. The minimum Gasteiger partial charge on any atom is -0.480 e. The van der Waals surface area contributed by atoms with Crippen LogP contribution in [0.1, 0.15) is 20.3 Å². The number of rotatable bonds is 8. The van der Waals surface area contributed by atoms with E-state index in [9.17, 15) is 19.2 Å². The van der Waals surface area contributed by atoms with Crippen molar-refractivity contribution in [2.45, 2.75) is 26.3 Å². The molecule has 0 aliphatic heterocycles. The molecule has 0 saturated heterocycles. The predicted octanol–water partition coefficient (Wildman–Crippen LogP) is -1.61. The molecule has 114 valence electrons. The molecule has 0 heterocycles. The first-order valence-corrected chi connectivity index (χ1v) is 6.04. The first-order valence-electron chi connectivity index (χ1n) is 6.04. The van der Waals surface area contributed by atoms with Gasteiger partial charge in [0.1, 0.15) is 6.04 Å². The number of nitrogens with one attached hydrogen (secondary N) is 3. The molecule has 0 aromatic heterocycles. The lowest BCUT2D eigenvalue weighted by atomic mass is 10.2. The van der Waals surface area contributed by atoms with Crippen molar-refractivity contribution in [1.29, 1.82) is 0 Å². The molecule has 1 atom stereocenters. The smallest absolute Gasteiger partial charge is 0.326 e. The molecule has 0 rings (SSSR count). The summed E-state index contributed by atoms with van der Waals surface area (Å²) in [5.74, 6) is -2.36. The fourth-order valence-corrected chi connectivity index (χ4v) is 1.15. The van der Waals surface area contributed by atoms with Crippen LogP contribution < -0.4 is 21.7 Å². The molecular formula is C11H20N4O5. The van der Waals surface area contributed by atoms with Crippen LogP contribution >= 0.6 is 0 Å². The fourth-order valence-electron chi connectivity index (χ4n) is 1.15. The number of primary amides is 1. The molecule has 0 spiro atoms. The molecule has 9 nitrogen and oxygen atoms in total. The number of carbonyl (C=O) groups is 4. The zero-order chi connectivity index (χ0) is 15.7. The molecule has 0 radical (unpaired) electrons. The van der Waals surface area contributed by atoms with Crippen LogP contribution in [0.5, 0.6) is 0 Å². The highest BCUT2D eigenvalue weighted by Crippen LogP contribution is 1.91. The number of carbonyl (C=O) groups excluding carboxylic acids is 3. The summed E-state index contributed by atoms with van der Waals surface area (Å²) in [6, 6.07) is -2.29. The van der Waals surface area contributed by atoms with Crippen LogP contribution in [0.15, 0.2) is 0 Å². The van der Waals surface area contributed by atoms with Crippen molar-refractivity contribution in [1.82, 2.24) is 16.0 Å². The topological polar surface area (TPSA) is 151 Å². The third-order valence-electron chi connectivity index (χ3n) is 2.13. The van der Waals surface area contributed by atoms with Gasteiger partial charge in [0.05, 0.1) is 13.0 Å². The largest absolute Gasteiger partial charge is 0.480 e. The Morgan fingerprint density at radius 2 is 1.75 bits per heavy atom. The standard InChI is InChI=1S/C11H20N4O5/c1-6(2)4-13-9(17)5-14-11(20)15-7(10(18)19)3-8(12)16/h6-7H,3-5H2,1-2H3,(H2,12,16)(H,13,17)(H,18,19)(H2,14,15,20)/t7-/m1/s1. The normalized spacial score (nSPS) is 11.6. The molecule has 0 saturated carbocycles. The highest BCUT2D eigenvalue weighted by atomic mass is 16.4. The highest BCUT2D eigenvalue weighted by Gasteiger charge is 2.22. The first-order chi connectivity index (χ1) is 9.22. The van der Waals surface area contributed by atoms with Gasteiger partial charge in [-0.15, -0.1) is 0 Å². The van der Waals surface area contributed by atoms with Crippen LogP contribution in [0.25, 0.3) is 0 Å². The zero-order valence-corrected chi connectivity index (χ0v) is 11.4. The molecule has 0 unspecified atom stereocenters. The minimum atomic E-state index is -1.42. The number of nitrogens with two attached hydrogens (primary N) is 1. The predicted molar refractivity (Wildman–Crippen MR) is 69.6 cm³/mol. The van der Waals surface area contributed by atoms with Crippen LogP contribution in [-0.4, -0.2) is 48.1 Å². The number of amides is 4. The first kappa shape index (κ1) is 17.7.